The first kappa shape index (κ1) is 19.9. The predicted octanol–water partition coefficient (Wildman–Crippen LogP) is 2.34. The minimum atomic E-state index is -0.901. The molecule has 0 heterocycles. The Morgan fingerprint density at radius 2 is 2.08 bits per heavy atom. The summed E-state index contributed by atoms with van der Waals surface area (Å²) in [5.74, 6) is -1.38. The van der Waals surface area contributed by atoms with E-state index in [4.69, 9.17) is 21.1 Å². The molecule has 0 bridgehead atoms. The van der Waals surface area contributed by atoms with Crippen LogP contribution in [0.2, 0.25) is 5.02 Å². The van der Waals surface area contributed by atoms with E-state index in [1.165, 1.54) is 12.1 Å². The molecule has 0 saturated carbocycles. The van der Waals surface area contributed by atoms with Gasteiger partial charge in [-0.3, -0.25) is 14.9 Å². The van der Waals surface area contributed by atoms with E-state index in [-0.39, 0.29) is 22.4 Å². The largest absolute Gasteiger partial charge is 0.452 e. The van der Waals surface area contributed by atoms with Crippen LogP contribution in [0.25, 0.3) is 0 Å². The average Bonchev–Trinajstić information content (AvgIpc) is 2.52. The lowest BCUT2D eigenvalue weighted by Gasteiger charge is -2.09. The second kappa shape index (κ2) is 9.84. The lowest BCUT2D eigenvalue weighted by Crippen LogP contribution is -2.30. The number of ether oxygens (including phenoxy) is 2. The molecule has 0 aliphatic rings. The second-order valence-electron chi connectivity index (χ2n) is 5.12. The Hall–Kier alpha value is -2.19. The third-order valence-corrected chi connectivity index (χ3v) is 3.14. The summed E-state index contributed by atoms with van der Waals surface area (Å²) in [6.07, 6.45) is 0.760. The Labute approximate surface area is 144 Å². The van der Waals surface area contributed by atoms with Crippen LogP contribution < -0.4 is 5.32 Å². The van der Waals surface area contributed by atoms with Crippen molar-refractivity contribution >= 4 is 29.2 Å². The summed E-state index contributed by atoms with van der Waals surface area (Å²) < 4.78 is 10.1. The van der Waals surface area contributed by atoms with Gasteiger partial charge in [0.1, 0.15) is 0 Å². The highest BCUT2D eigenvalue weighted by molar-refractivity contribution is 6.33. The monoisotopic (exact) mass is 358 g/mol. The van der Waals surface area contributed by atoms with Crippen molar-refractivity contribution in [3.63, 3.8) is 0 Å². The van der Waals surface area contributed by atoms with Crippen molar-refractivity contribution in [1.82, 2.24) is 5.32 Å². The lowest BCUT2D eigenvalue weighted by atomic mass is 10.2. The highest BCUT2D eigenvalue weighted by Crippen LogP contribution is 2.22. The van der Waals surface area contributed by atoms with E-state index in [1.807, 2.05) is 13.8 Å². The number of nitro groups is 1. The van der Waals surface area contributed by atoms with E-state index in [0.29, 0.717) is 19.6 Å². The number of nitro benzene ring substituents is 1. The van der Waals surface area contributed by atoms with Gasteiger partial charge in [0.05, 0.1) is 21.6 Å². The van der Waals surface area contributed by atoms with Crippen LogP contribution in [-0.4, -0.2) is 42.7 Å². The van der Waals surface area contributed by atoms with Crippen LogP contribution >= 0.6 is 11.6 Å². The highest BCUT2D eigenvalue weighted by atomic mass is 35.5. The van der Waals surface area contributed by atoms with Gasteiger partial charge < -0.3 is 14.8 Å². The first-order chi connectivity index (χ1) is 11.3. The molecule has 24 heavy (non-hydrogen) atoms. The maximum atomic E-state index is 11.9. The van der Waals surface area contributed by atoms with E-state index in [2.05, 4.69) is 5.32 Å². The molecule has 132 valence electrons. The fourth-order valence-corrected chi connectivity index (χ4v) is 1.86. The van der Waals surface area contributed by atoms with Crippen molar-refractivity contribution in [3.05, 3.63) is 38.9 Å². The Bertz CT molecular complexity index is 606. The summed E-state index contributed by atoms with van der Waals surface area (Å²) in [5, 5.41) is 13.3. The normalized spacial score (nSPS) is 10.5. The molecule has 0 aliphatic heterocycles. The smallest absolute Gasteiger partial charge is 0.340 e. The number of non-ortho nitro benzene ring substituents is 1. The van der Waals surface area contributed by atoms with Gasteiger partial charge in [-0.05, 0) is 26.3 Å². The van der Waals surface area contributed by atoms with Crippen molar-refractivity contribution in [2.24, 2.45) is 0 Å². The number of halogens is 1. The van der Waals surface area contributed by atoms with Crippen molar-refractivity contribution in [1.29, 1.82) is 0 Å². The van der Waals surface area contributed by atoms with Gasteiger partial charge in [-0.25, -0.2) is 4.79 Å². The number of amides is 1. The summed E-state index contributed by atoms with van der Waals surface area (Å²) >= 11 is 5.82. The predicted molar refractivity (Wildman–Crippen MR) is 87.1 cm³/mol. The molecule has 0 radical (unpaired) electrons. The summed E-state index contributed by atoms with van der Waals surface area (Å²) in [5.41, 5.74) is -0.454. The number of carbonyl (C=O) groups is 2. The van der Waals surface area contributed by atoms with Crippen molar-refractivity contribution in [2.45, 2.75) is 26.4 Å². The standard InChI is InChI=1S/C15H19ClN2O6/c1-10(2)23-7-3-6-17-14(19)9-24-15(20)12-8-11(18(21)22)4-5-13(12)16/h4-5,8,10H,3,6-7,9H2,1-2H3,(H,17,19). The number of benzene rings is 1. The van der Waals surface area contributed by atoms with Gasteiger partial charge in [0, 0.05) is 25.3 Å². The Morgan fingerprint density at radius 1 is 1.38 bits per heavy atom. The second-order valence-corrected chi connectivity index (χ2v) is 5.53. The molecule has 1 aromatic rings. The van der Waals surface area contributed by atoms with Gasteiger partial charge in [0.2, 0.25) is 0 Å². The number of hydrogen-bond acceptors (Lipinski definition) is 6. The molecule has 1 aromatic carbocycles. The van der Waals surface area contributed by atoms with Crippen LogP contribution in [-0.2, 0) is 14.3 Å². The molecule has 0 aromatic heterocycles. The summed E-state index contributed by atoms with van der Waals surface area (Å²) in [7, 11) is 0. The van der Waals surface area contributed by atoms with Crippen LogP contribution in [0.5, 0.6) is 0 Å². The molecule has 0 saturated heterocycles. The molecule has 1 amide bonds. The van der Waals surface area contributed by atoms with Gasteiger partial charge in [0.15, 0.2) is 6.61 Å². The Kier molecular flexibility index (Phi) is 8.14. The quantitative estimate of drug-likeness (QED) is 0.314. The number of esters is 1. The number of nitrogens with zero attached hydrogens (tertiary/aromatic N) is 1. The summed E-state index contributed by atoms with van der Waals surface area (Å²) in [6, 6.07) is 3.40. The van der Waals surface area contributed by atoms with Crippen molar-refractivity contribution in [2.75, 3.05) is 19.8 Å². The number of nitrogens with one attached hydrogen (secondary N) is 1. The van der Waals surface area contributed by atoms with E-state index < -0.39 is 23.4 Å². The number of hydrogen-bond donors (Lipinski definition) is 1. The third-order valence-electron chi connectivity index (χ3n) is 2.81. The van der Waals surface area contributed by atoms with Crippen LogP contribution in [0.4, 0.5) is 5.69 Å². The molecule has 0 fully saturated rings. The van der Waals surface area contributed by atoms with E-state index in [1.54, 1.807) is 0 Å². The van der Waals surface area contributed by atoms with E-state index in [9.17, 15) is 19.7 Å². The van der Waals surface area contributed by atoms with Crippen molar-refractivity contribution in [3.8, 4) is 0 Å². The minimum absolute atomic E-state index is 0.0110. The van der Waals surface area contributed by atoms with Gasteiger partial charge in [-0.1, -0.05) is 11.6 Å². The van der Waals surface area contributed by atoms with E-state index in [0.717, 1.165) is 6.07 Å². The van der Waals surface area contributed by atoms with Crippen LogP contribution in [0.15, 0.2) is 18.2 Å². The zero-order valence-corrected chi connectivity index (χ0v) is 14.2. The summed E-state index contributed by atoms with van der Waals surface area (Å²) in [4.78, 5) is 33.5. The molecule has 8 nitrogen and oxygen atoms in total. The van der Waals surface area contributed by atoms with Gasteiger partial charge in [0.25, 0.3) is 11.6 Å². The van der Waals surface area contributed by atoms with Crippen LogP contribution in [0, 0.1) is 10.1 Å². The number of rotatable bonds is 9. The zero-order chi connectivity index (χ0) is 18.1. The first-order valence-electron chi connectivity index (χ1n) is 7.30. The van der Waals surface area contributed by atoms with Crippen LogP contribution in [0.1, 0.15) is 30.6 Å². The lowest BCUT2D eigenvalue weighted by molar-refractivity contribution is -0.384. The molecule has 0 aliphatic carbocycles. The topological polar surface area (TPSA) is 108 Å². The molecule has 0 atom stereocenters. The maximum absolute atomic E-state index is 11.9. The van der Waals surface area contributed by atoms with Crippen molar-refractivity contribution < 1.29 is 24.0 Å². The van der Waals surface area contributed by atoms with Gasteiger partial charge >= 0.3 is 5.97 Å². The fourth-order valence-electron chi connectivity index (χ4n) is 1.66. The van der Waals surface area contributed by atoms with Gasteiger partial charge in [-0.2, -0.15) is 0 Å². The zero-order valence-electron chi connectivity index (χ0n) is 13.4. The fraction of sp³-hybridized carbons (Fsp3) is 0.467. The Morgan fingerprint density at radius 3 is 2.71 bits per heavy atom. The van der Waals surface area contributed by atoms with E-state index >= 15 is 0 Å². The third kappa shape index (κ3) is 6.93. The molecule has 9 heteroatoms. The first-order valence-corrected chi connectivity index (χ1v) is 7.68. The minimum Gasteiger partial charge on any atom is -0.452 e. The van der Waals surface area contributed by atoms with Crippen LogP contribution in [0.3, 0.4) is 0 Å². The molecule has 0 unspecified atom stereocenters. The molecular formula is C15H19ClN2O6. The Balaban J connectivity index is 2.42. The average molecular weight is 359 g/mol. The van der Waals surface area contributed by atoms with Gasteiger partial charge in [-0.15, -0.1) is 0 Å². The molecule has 0 spiro atoms. The molecule has 1 N–H and O–H groups in total. The highest BCUT2D eigenvalue weighted by Gasteiger charge is 2.18. The summed E-state index contributed by atoms with van der Waals surface area (Å²) in [6.45, 7) is 4.23. The molecular weight excluding hydrogens is 340 g/mol. The maximum Gasteiger partial charge on any atom is 0.340 e. The number of carbonyl (C=O) groups excluding carboxylic acids is 2. The molecule has 1 rings (SSSR count). The SMILES string of the molecule is CC(C)OCCCNC(=O)COC(=O)c1cc([N+](=O)[O-])ccc1Cl.